The van der Waals surface area contributed by atoms with Crippen LogP contribution in [0.1, 0.15) is 28.1 Å². The number of benzene rings is 1. The number of carbonyl (C=O) groups excluding carboxylic acids is 2. The van der Waals surface area contributed by atoms with E-state index in [9.17, 15) is 9.59 Å². The van der Waals surface area contributed by atoms with E-state index < -0.39 is 5.97 Å². The molecule has 0 saturated heterocycles. The van der Waals surface area contributed by atoms with Crippen LogP contribution < -0.4 is 4.74 Å². The number of nitrogens with zero attached hydrogens (tertiary/aromatic N) is 2. The highest BCUT2D eigenvalue weighted by Gasteiger charge is 2.14. The normalized spacial score (nSPS) is 10.6. The van der Waals surface area contributed by atoms with E-state index in [0.717, 1.165) is 28.1 Å². The number of ether oxygens (including phenoxy) is 2. The lowest BCUT2D eigenvalue weighted by Gasteiger charge is -2.16. The van der Waals surface area contributed by atoms with Crippen molar-refractivity contribution in [3.63, 3.8) is 0 Å². The van der Waals surface area contributed by atoms with Crippen LogP contribution in [-0.2, 0) is 33.9 Å². The van der Waals surface area contributed by atoms with Gasteiger partial charge in [0.05, 0.1) is 17.7 Å². The van der Waals surface area contributed by atoms with Gasteiger partial charge in [-0.05, 0) is 53.9 Å². The van der Waals surface area contributed by atoms with Gasteiger partial charge in [-0.1, -0.05) is 17.3 Å². The molecule has 158 valence electrons. The Hall–Kier alpha value is -3.13. The molecule has 0 saturated carbocycles. The number of hydrogen-bond donors (Lipinski definition) is 0. The molecular weight excluding hydrogens is 404 g/mol. The Bertz CT molecular complexity index is 960. The minimum Gasteiger partial charge on any atom is -0.489 e. The van der Waals surface area contributed by atoms with Crippen molar-refractivity contribution in [2.24, 2.45) is 0 Å². The van der Waals surface area contributed by atoms with Crippen LogP contribution in [0.2, 0.25) is 0 Å². The predicted molar refractivity (Wildman–Crippen MR) is 112 cm³/mol. The fourth-order valence-electron chi connectivity index (χ4n) is 2.78. The van der Waals surface area contributed by atoms with Crippen molar-refractivity contribution in [1.82, 2.24) is 10.1 Å². The summed E-state index contributed by atoms with van der Waals surface area (Å²) in [7, 11) is 1.69. The lowest BCUT2D eigenvalue weighted by atomic mass is 10.1. The summed E-state index contributed by atoms with van der Waals surface area (Å²) in [6.07, 6.45) is 0.0890. The zero-order valence-corrected chi connectivity index (χ0v) is 18.0. The number of likely N-dealkylation sites (N-methyl/N-ethyl adjacent to an activating group) is 1. The number of aryl methyl sites for hydroxylation is 2. The third-order valence-electron chi connectivity index (χ3n) is 4.62. The van der Waals surface area contributed by atoms with Gasteiger partial charge in [-0.25, -0.2) is 0 Å². The quantitative estimate of drug-likeness (QED) is 0.484. The van der Waals surface area contributed by atoms with Gasteiger partial charge in [0, 0.05) is 13.6 Å². The van der Waals surface area contributed by atoms with Crippen molar-refractivity contribution in [2.45, 2.75) is 33.4 Å². The Morgan fingerprint density at radius 1 is 1.13 bits per heavy atom. The maximum absolute atomic E-state index is 12.1. The molecular formula is C22H24N2O5S. The van der Waals surface area contributed by atoms with E-state index in [2.05, 4.69) is 5.16 Å². The molecule has 2 heterocycles. The minimum absolute atomic E-state index is 0.0890. The highest BCUT2D eigenvalue weighted by atomic mass is 32.1. The first-order chi connectivity index (χ1) is 14.4. The molecule has 0 fully saturated rings. The van der Waals surface area contributed by atoms with Crippen molar-refractivity contribution in [3.05, 3.63) is 69.2 Å². The molecule has 2 aromatic heterocycles. The Balaban J connectivity index is 1.42. The van der Waals surface area contributed by atoms with Crippen LogP contribution in [0, 0.1) is 13.8 Å². The van der Waals surface area contributed by atoms with E-state index in [0.29, 0.717) is 18.9 Å². The number of aromatic nitrogens is 1. The van der Waals surface area contributed by atoms with Gasteiger partial charge < -0.3 is 18.9 Å². The zero-order chi connectivity index (χ0) is 21.5. The lowest BCUT2D eigenvalue weighted by molar-refractivity contribution is -0.151. The van der Waals surface area contributed by atoms with Gasteiger partial charge in [0.15, 0.2) is 6.61 Å². The molecule has 7 nitrogen and oxygen atoms in total. The fraction of sp³-hybridized carbons (Fsp3) is 0.318. The molecule has 0 bridgehead atoms. The van der Waals surface area contributed by atoms with Crippen molar-refractivity contribution < 1.29 is 23.6 Å². The summed E-state index contributed by atoms with van der Waals surface area (Å²) < 4.78 is 16.0. The maximum Gasteiger partial charge on any atom is 0.310 e. The summed E-state index contributed by atoms with van der Waals surface area (Å²) in [5.41, 5.74) is 3.57. The largest absolute Gasteiger partial charge is 0.489 e. The summed E-state index contributed by atoms with van der Waals surface area (Å²) in [6.45, 7) is 4.31. The first-order valence-corrected chi connectivity index (χ1v) is 10.4. The van der Waals surface area contributed by atoms with Gasteiger partial charge >= 0.3 is 5.97 Å². The number of amides is 1. The van der Waals surface area contributed by atoms with Crippen molar-refractivity contribution in [2.75, 3.05) is 13.7 Å². The molecule has 0 aliphatic carbocycles. The third kappa shape index (κ3) is 5.93. The van der Waals surface area contributed by atoms with Crippen LogP contribution in [0.3, 0.4) is 0 Å². The standard InChI is InChI=1S/C22H24N2O5S/c1-15-20(16(2)29-23-15)12-27-19-6-4-17(5-7-19)10-22(26)28-13-21(25)24(3)11-18-8-9-30-14-18/h4-9,14H,10-13H2,1-3H3. The second-order valence-corrected chi connectivity index (χ2v) is 7.73. The van der Waals surface area contributed by atoms with Gasteiger partial charge in [0.1, 0.15) is 18.1 Å². The number of thiophene rings is 1. The van der Waals surface area contributed by atoms with Gasteiger partial charge in [-0.2, -0.15) is 11.3 Å². The Kier molecular flexibility index (Phi) is 7.24. The molecule has 0 N–H and O–H groups in total. The van der Waals surface area contributed by atoms with Crippen LogP contribution in [0.25, 0.3) is 0 Å². The molecule has 8 heteroatoms. The van der Waals surface area contributed by atoms with Gasteiger partial charge in [0.25, 0.3) is 5.91 Å². The maximum atomic E-state index is 12.1. The molecule has 0 spiro atoms. The first kappa shape index (κ1) is 21.6. The van der Waals surface area contributed by atoms with Crippen LogP contribution in [-0.4, -0.2) is 35.6 Å². The number of hydrogen-bond acceptors (Lipinski definition) is 7. The van der Waals surface area contributed by atoms with E-state index in [1.54, 1.807) is 47.5 Å². The molecule has 30 heavy (non-hydrogen) atoms. The van der Waals surface area contributed by atoms with Crippen LogP contribution in [0.15, 0.2) is 45.6 Å². The summed E-state index contributed by atoms with van der Waals surface area (Å²) in [6, 6.07) is 9.15. The van der Waals surface area contributed by atoms with E-state index in [4.69, 9.17) is 14.0 Å². The summed E-state index contributed by atoms with van der Waals surface area (Å²) in [5.74, 6) is 0.731. The van der Waals surface area contributed by atoms with Gasteiger partial charge in [0.2, 0.25) is 0 Å². The number of esters is 1. The van der Waals surface area contributed by atoms with Gasteiger partial charge in [-0.3, -0.25) is 9.59 Å². The molecule has 0 atom stereocenters. The van der Waals surface area contributed by atoms with Gasteiger partial charge in [-0.15, -0.1) is 0 Å². The Morgan fingerprint density at radius 3 is 2.53 bits per heavy atom. The SMILES string of the molecule is Cc1noc(C)c1COc1ccc(CC(=O)OCC(=O)N(C)Cc2ccsc2)cc1. The topological polar surface area (TPSA) is 81.9 Å². The Labute approximate surface area is 179 Å². The van der Waals surface area contributed by atoms with E-state index in [1.165, 1.54) is 0 Å². The summed E-state index contributed by atoms with van der Waals surface area (Å²) in [4.78, 5) is 25.7. The smallest absolute Gasteiger partial charge is 0.310 e. The second-order valence-electron chi connectivity index (χ2n) is 6.95. The highest BCUT2D eigenvalue weighted by molar-refractivity contribution is 7.07. The van der Waals surface area contributed by atoms with E-state index in [-0.39, 0.29) is 18.9 Å². The Morgan fingerprint density at radius 2 is 1.90 bits per heavy atom. The molecule has 0 unspecified atom stereocenters. The molecule has 0 aliphatic heterocycles. The van der Waals surface area contributed by atoms with Crippen LogP contribution >= 0.6 is 11.3 Å². The van der Waals surface area contributed by atoms with Crippen molar-refractivity contribution in [3.8, 4) is 5.75 Å². The summed E-state index contributed by atoms with van der Waals surface area (Å²) in [5, 5.41) is 7.84. The second kappa shape index (κ2) is 10.1. The zero-order valence-electron chi connectivity index (χ0n) is 17.2. The molecule has 3 rings (SSSR count). The molecule has 0 aliphatic rings. The van der Waals surface area contributed by atoms with Crippen molar-refractivity contribution in [1.29, 1.82) is 0 Å². The molecule has 1 aromatic carbocycles. The van der Waals surface area contributed by atoms with Crippen LogP contribution in [0.4, 0.5) is 0 Å². The molecule has 3 aromatic rings. The number of carbonyl (C=O) groups is 2. The predicted octanol–water partition coefficient (Wildman–Crippen LogP) is 3.68. The van der Waals surface area contributed by atoms with E-state index in [1.807, 2.05) is 30.7 Å². The van der Waals surface area contributed by atoms with Crippen molar-refractivity contribution >= 4 is 23.2 Å². The van der Waals surface area contributed by atoms with E-state index >= 15 is 0 Å². The molecule has 0 radical (unpaired) electrons. The average molecular weight is 429 g/mol. The first-order valence-electron chi connectivity index (χ1n) is 9.46. The number of rotatable bonds is 9. The van der Waals surface area contributed by atoms with Crippen LogP contribution in [0.5, 0.6) is 5.75 Å². The molecule has 1 amide bonds. The lowest BCUT2D eigenvalue weighted by Crippen LogP contribution is -2.30. The minimum atomic E-state index is -0.448. The fourth-order valence-corrected chi connectivity index (χ4v) is 3.44. The average Bonchev–Trinajstić information content (AvgIpc) is 3.35. The monoisotopic (exact) mass is 428 g/mol. The third-order valence-corrected chi connectivity index (χ3v) is 5.35. The summed E-state index contributed by atoms with van der Waals surface area (Å²) >= 11 is 1.58. The highest BCUT2D eigenvalue weighted by Crippen LogP contribution is 2.18.